The highest BCUT2D eigenvalue weighted by atomic mass is 19.4. The highest BCUT2D eigenvalue weighted by molar-refractivity contribution is 6.03. The van der Waals surface area contributed by atoms with E-state index in [1.54, 1.807) is 6.07 Å². The smallest absolute Gasteiger partial charge is 0.351 e. The number of nitrogens with zero attached hydrogens (tertiary/aromatic N) is 2. The molecule has 5 nitrogen and oxygen atoms in total. The number of anilines is 1. The van der Waals surface area contributed by atoms with Crippen molar-refractivity contribution in [3.8, 4) is 0 Å². The van der Waals surface area contributed by atoms with Gasteiger partial charge in [0.25, 0.3) is 0 Å². The molecule has 0 aliphatic heterocycles. The summed E-state index contributed by atoms with van der Waals surface area (Å²) in [4.78, 5) is 29.9. The van der Waals surface area contributed by atoms with E-state index in [4.69, 9.17) is 0 Å². The van der Waals surface area contributed by atoms with Crippen LogP contribution in [0.2, 0.25) is 0 Å². The van der Waals surface area contributed by atoms with E-state index in [0.717, 1.165) is 32.1 Å². The molecule has 29 heavy (non-hydrogen) atoms. The molecule has 0 bridgehead atoms. The van der Waals surface area contributed by atoms with Gasteiger partial charge in [-0.05, 0) is 42.7 Å². The Hall–Kier alpha value is -2.90. The minimum Gasteiger partial charge on any atom is -0.351 e. The molecule has 8 heteroatoms. The highest BCUT2D eigenvalue weighted by Gasteiger charge is 2.47. The van der Waals surface area contributed by atoms with Crippen molar-refractivity contribution in [2.75, 3.05) is 4.90 Å². The molecule has 3 rings (SSSR count). The first-order valence-electron chi connectivity index (χ1n) is 9.53. The van der Waals surface area contributed by atoms with Gasteiger partial charge >= 0.3 is 12.1 Å². The van der Waals surface area contributed by atoms with Gasteiger partial charge in [0.1, 0.15) is 6.04 Å². The number of rotatable bonds is 5. The number of benzene rings is 1. The summed E-state index contributed by atoms with van der Waals surface area (Å²) < 4.78 is 40.3. The Labute approximate surface area is 166 Å². The molecule has 1 saturated carbocycles. The predicted molar refractivity (Wildman–Crippen MR) is 102 cm³/mol. The van der Waals surface area contributed by atoms with Crippen LogP contribution in [0.4, 0.5) is 18.9 Å². The van der Waals surface area contributed by atoms with Crippen LogP contribution in [0.1, 0.15) is 43.7 Å². The molecular weight excluding hydrogens is 383 g/mol. The van der Waals surface area contributed by atoms with Gasteiger partial charge in [0, 0.05) is 24.1 Å². The molecule has 1 N–H and O–H groups in total. The van der Waals surface area contributed by atoms with Crippen molar-refractivity contribution >= 4 is 17.5 Å². The third-order valence-corrected chi connectivity index (χ3v) is 4.98. The fourth-order valence-corrected chi connectivity index (χ4v) is 3.60. The lowest BCUT2D eigenvalue weighted by atomic mass is 9.94. The van der Waals surface area contributed by atoms with Crippen molar-refractivity contribution in [1.29, 1.82) is 0 Å². The van der Waals surface area contributed by atoms with Crippen LogP contribution in [0.5, 0.6) is 0 Å². The first kappa shape index (κ1) is 20.8. The molecule has 1 aliphatic carbocycles. The molecule has 2 amide bonds. The summed E-state index contributed by atoms with van der Waals surface area (Å²) in [6.07, 6.45) is 2.16. The van der Waals surface area contributed by atoms with Crippen molar-refractivity contribution in [1.82, 2.24) is 10.3 Å². The third-order valence-electron chi connectivity index (χ3n) is 4.98. The van der Waals surface area contributed by atoms with Gasteiger partial charge in [0.05, 0.1) is 0 Å². The number of nitrogens with one attached hydrogen (secondary N) is 1. The molecule has 2 aromatic rings. The summed E-state index contributed by atoms with van der Waals surface area (Å²) >= 11 is 0. The van der Waals surface area contributed by atoms with Crippen LogP contribution >= 0.6 is 0 Å². The number of aromatic nitrogens is 1. The van der Waals surface area contributed by atoms with Crippen LogP contribution in [-0.2, 0) is 9.59 Å². The molecule has 1 fully saturated rings. The van der Waals surface area contributed by atoms with E-state index in [0.29, 0.717) is 4.90 Å². The average molecular weight is 405 g/mol. The Morgan fingerprint density at radius 1 is 1.00 bits per heavy atom. The number of carbonyl (C=O) groups is 2. The van der Waals surface area contributed by atoms with E-state index in [9.17, 15) is 22.8 Å². The second-order valence-electron chi connectivity index (χ2n) is 7.04. The molecule has 1 aromatic heterocycles. The number of hydrogen-bond donors (Lipinski definition) is 1. The number of carbonyl (C=O) groups excluding carboxylic acids is 2. The fraction of sp³-hybridized carbons (Fsp3) is 0.381. The van der Waals surface area contributed by atoms with Gasteiger partial charge in [-0.2, -0.15) is 13.2 Å². The minimum atomic E-state index is -5.13. The van der Waals surface area contributed by atoms with Gasteiger partial charge in [0.2, 0.25) is 5.91 Å². The van der Waals surface area contributed by atoms with Crippen molar-refractivity contribution in [2.45, 2.75) is 50.4 Å². The summed E-state index contributed by atoms with van der Waals surface area (Å²) in [7, 11) is 0. The number of alkyl halides is 3. The molecule has 1 aliphatic rings. The van der Waals surface area contributed by atoms with Crippen molar-refractivity contribution in [2.24, 2.45) is 0 Å². The maximum Gasteiger partial charge on any atom is 0.471 e. The molecule has 0 spiro atoms. The van der Waals surface area contributed by atoms with E-state index in [1.165, 1.54) is 48.8 Å². The summed E-state index contributed by atoms with van der Waals surface area (Å²) in [5.74, 6) is -2.73. The van der Waals surface area contributed by atoms with Crippen LogP contribution in [-0.4, -0.2) is 29.0 Å². The predicted octanol–water partition coefficient (Wildman–Crippen LogP) is 4.17. The standard InChI is InChI=1S/C21H22F3N3O2/c22-21(23,24)20(29)27(17-9-5-2-6-10-17)18(15-11-13-25-14-12-15)19(28)26-16-7-3-1-4-8-16/h2,5-6,9-14,16,18H,1,3-4,7-8H2,(H,26,28). The largest absolute Gasteiger partial charge is 0.471 e. The zero-order chi connectivity index (χ0) is 20.9. The van der Waals surface area contributed by atoms with Gasteiger partial charge < -0.3 is 5.32 Å². The summed E-state index contributed by atoms with van der Waals surface area (Å²) in [5, 5.41) is 2.85. The number of pyridine rings is 1. The van der Waals surface area contributed by atoms with Gasteiger partial charge in [-0.1, -0.05) is 37.5 Å². The van der Waals surface area contributed by atoms with Crippen molar-refractivity contribution in [3.05, 3.63) is 60.4 Å². The average Bonchev–Trinajstić information content (AvgIpc) is 2.72. The molecule has 0 radical (unpaired) electrons. The Morgan fingerprint density at radius 2 is 1.62 bits per heavy atom. The SMILES string of the molecule is O=C(NC1CCCCC1)C(c1ccncc1)N(C(=O)C(F)(F)F)c1ccccc1. The van der Waals surface area contributed by atoms with Crippen LogP contribution in [0, 0.1) is 0 Å². The lowest BCUT2D eigenvalue weighted by molar-refractivity contribution is -0.171. The molecule has 1 atom stereocenters. The van der Waals surface area contributed by atoms with Crippen LogP contribution in [0.15, 0.2) is 54.9 Å². The Balaban J connectivity index is 2.03. The van der Waals surface area contributed by atoms with Crippen molar-refractivity contribution < 1.29 is 22.8 Å². The van der Waals surface area contributed by atoms with Crippen molar-refractivity contribution in [3.63, 3.8) is 0 Å². The van der Waals surface area contributed by atoms with Crippen LogP contribution in [0.3, 0.4) is 0 Å². The molecule has 154 valence electrons. The quantitative estimate of drug-likeness (QED) is 0.812. The van der Waals surface area contributed by atoms with Gasteiger partial charge in [-0.3, -0.25) is 19.5 Å². The third kappa shape index (κ3) is 5.13. The van der Waals surface area contributed by atoms with E-state index >= 15 is 0 Å². The Kier molecular flexibility index (Phi) is 6.51. The lowest BCUT2D eigenvalue weighted by Gasteiger charge is -2.33. The monoisotopic (exact) mass is 405 g/mol. The topological polar surface area (TPSA) is 62.3 Å². The highest BCUT2D eigenvalue weighted by Crippen LogP contribution is 2.33. The Bertz CT molecular complexity index is 822. The van der Waals surface area contributed by atoms with Crippen LogP contribution < -0.4 is 10.2 Å². The zero-order valence-corrected chi connectivity index (χ0v) is 15.7. The summed E-state index contributed by atoms with van der Waals surface area (Å²) in [6.45, 7) is 0. The van der Waals surface area contributed by atoms with E-state index in [2.05, 4.69) is 10.3 Å². The van der Waals surface area contributed by atoms with Crippen LogP contribution in [0.25, 0.3) is 0 Å². The van der Waals surface area contributed by atoms with Gasteiger partial charge in [-0.25, -0.2) is 0 Å². The summed E-state index contributed by atoms with van der Waals surface area (Å²) in [6, 6.07) is 8.76. The number of halogens is 3. The number of hydrogen-bond acceptors (Lipinski definition) is 3. The second kappa shape index (κ2) is 9.07. The maximum atomic E-state index is 13.4. The van der Waals surface area contributed by atoms with Gasteiger partial charge in [0.15, 0.2) is 0 Å². The molecule has 1 aromatic carbocycles. The van der Waals surface area contributed by atoms with E-state index in [-0.39, 0.29) is 17.3 Å². The second-order valence-corrected chi connectivity index (χ2v) is 7.04. The zero-order valence-electron chi connectivity index (χ0n) is 15.7. The fourth-order valence-electron chi connectivity index (χ4n) is 3.60. The lowest BCUT2D eigenvalue weighted by Crippen LogP contribution is -2.50. The minimum absolute atomic E-state index is 0.00423. The maximum absolute atomic E-state index is 13.4. The number of para-hydroxylation sites is 1. The number of amides is 2. The van der Waals surface area contributed by atoms with E-state index < -0.39 is 24.0 Å². The van der Waals surface area contributed by atoms with E-state index in [1.807, 2.05) is 0 Å². The van der Waals surface area contributed by atoms with Gasteiger partial charge in [-0.15, -0.1) is 0 Å². The molecular formula is C21H22F3N3O2. The molecule has 1 unspecified atom stereocenters. The summed E-state index contributed by atoms with van der Waals surface area (Å²) in [5.41, 5.74) is 0.255. The normalized spacial score (nSPS) is 16.1. The first-order valence-corrected chi connectivity index (χ1v) is 9.53. The molecule has 0 saturated heterocycles. The first-order chi connectivity index (χ1) is 13.9. The Morgan fingerprint density at radius 3 is 2.21 bits per heavy atom. The molecule has 1 heterocycles.